The van der Waals surface area contributed by atoms with Crippen molar-refractivity contribution in [3.63, 3.8) is 0 Å². The van der Waals surface area contributed by atoms with Gasteiger partial charge in [0.2, 0.25) is 0 Å². The first-order chi connectivity index (χ1) is 12.8. The van der Waals surface area contributed by atoms with Gasteiger partial charge >= 0.3 is 0 Å². The van der Waals surface area contributed by atoms with Gasteiger partial charge in [-0.15, -0.1) is 0 Å². The highest BCUT2D eigenvalue weighted by Gasteiger charge is 2.20. The lowest BCUT2D eigenvalue weighted by Crippen LogP contribution is -2.25. The van der Waals surface area contributed by atoms with E-state index in [4.69, 9.17) is 9.47 Å². The number of benzene rings is 2. The molecule has 0 saturated heterocycles. The fourth-order valence-corrected chi connectivity index (χ4v) is 3.26. The Kier molecular flexibility index (Phi) is 4.88. The van der Waals surface area contributed by atoms with Gasteiger partial charge < -0.3 is 14.0 Å². The number of ether oxygens (including phenoxy) is 2. The first kappa shape index (κ1) is 16.7. The molecule has 0 bridgehead atoms. The highest BCUT2D eigenvalue weighted by atomic mass is 16.5. The third-order valence-corrected chi connectivity index (χ3v) is 4.60. The summed E-state index contributed by atoms with van der Waals surface area (Å²) in [4.78, 5) is 4.55. The molecule has 4 rings (SSSR count). The molecule has 0 radical (unpaired) electrons. The maximum absolute atomic E-state index is 5.95. The molecule has 0 aliphatic carbocycles. The predicted octanol–water partition coefficient (Wildman–Crippen LogP) is 3.46. The zero-order chi connectivity index (χ0) is 17.8. The second kappa shape index (κ2) is 7.62. The molecule has 26 heavy (non-hydrogen) atoms. The minimum atomic E-state index is -0.00116. The Hall–Kier alpha value is -2.79. The number of rotatable bonds is 5. The summed E-state index contributed by atoms with van der Waals surface area (Å²) in [6.07, 6.45) is 4.71. The Bertz CT molecular complexity index is 861. The van der Waals surface area contributed by atoms with Crippen LogP contribution in [0.4, 0.5) is 0 Å². The maximum Gasteiger partial charge on any atom is 0.165 e. The van der Waals surface area contributed by atoms with Gasteiger partial charge in [-0.25, -0.2) is 4.98 Å². The molecule has 1 aliphatic rings. The summed E-state index contributed by atoms with van der Waals surface area (Å²) in [5, 5.41) is 3.65. The van der Waals surface area contributed by atoms with E-state index in [1.54, 1.807) is 0 Å². The van der Waals surface area contributed by atoms with E-state index in [2.05, 4.69) is 45.2 Å². The van der Waals surface area contributed by atoms with Crippen LogP contribution >= 0.6 is 0 Å². The van der Waals surface area contributed by atoms with Crippen LogP contribution in [0, 0.1) is 0 Å². The van der Waals surface area contributed by atoms with Crippen molar-refractivity contribution >= 4 is 0 Å². The number of aryl methyl sites for hydroxylation is 1. The van der Waals surface area contributed by atoms with E-state index in [-0.39, 0.29) is 6.04 Å². The highest BCUT2D eigenvalue weighted by Crippen LogP contribution is 2.33. The molecule has 5 heteroatoms. The lowest BCUT2D eigenvalue weighted by Gasteiger charge is -2.20. The standard InChI is InChI=1S/C21H23N3O2/c1-24-12-11-22-21(24)19(16-7-3-2-4-8-16)23-15-17-9-5-10-18-20(17)26-14-6-13-25-18/h2-5,7-12,19,23H,6,13-15H2,1H3/t19-/m1/s1. The van der Waals surface area contributed by atoms with E-state index in [1.165, 1.54) is 5.56 Å². The van der Waals surface area contributed by atoms with Gasteiger partial charge in [0.15, 0.2) is 11.5 Å². The number of aromatic nitrogens is 2. The molecule has 2 aromatic carbocycles. The minimum absolute atomic E-state index is 0.00116. The predicted molar refractivity (Wildman–Crippen MR) is 100 cm³/mol. The van der Waals surface area contributed by atoms with E-state index in [9.17, 15) is 0 Å². The Balaban J connectivity index is 1.61. The Morgan fingerprint density at radius 2 is 1.92 bits per heavy atom. The summed E-state index contributed by atoms with van der Waals surface area (Å²) in [5.41, 5.74) is 2.28. The van der Waals surface area contributed by atoms with E-state index >= 15 is 0 Å². The van der Waals surface area contributed by atoms with Gasteiger partial charge in [-0.1, -0.05) is 42.5 Å². The second-order valence-electron chi connectivity index (χ2n) is 6.42. The number of nitrogens with zero attached hydrogens (tertiary/aromatic N) is 2. The number of fused-ring (bicyclic) bond motifs is 1. The van der Waals surface area contributed by atoms with Crippen molar-refractivity contribution in [2.45, 2.75) is 19.0 Å². The number of hydrogen-bond acceptors (Lipinski definition) is 4. The van der Waals surface area contributed by atoms with Crippen LogP contribution < -0.4 is 14.8 Å². The van der Waals surface area contributed by atoms with Gasteiger partial charge in [-0.05, 0) is 11.6 Å². The third-order valence-electron chi connectivity index (χ3n) is 4.60. The molecule has 134 valence electrons. The van der Waals surface area contributed by atoms with Crippen molar-refractivity contribution in [3.05, 3.63) is 77.9 Å². The molecule has 0 fully saturated rings. The molecule has 0 spiro atoms. The third kappa shape index (κ3) is 3.44. The zero-order valence-corrected chi connectivity index (χ0v) is 14.9. The summed E-state index contributed by atoms with van der Waals surface area (Å²) < 4.78 is 13.8. The summed E-state index contributed by atoms with van der Waals surface area (Å²) >= 11 is 0. The Labute approximate surface area is 153 Å². The number of para-hydroxylation sites is 1. The average Bonchev–Trinajstić information content (AvgIpc) is 2.95. The van der Waals surface area contributed by atoms with Crippen molar-refractivity contribution < 1.29 is 9.47 Å². The van der Waals surface area contributed by atoms with Crippen LogP contribution in [-0.4, -0.2) is 22.8 Å². The smallest absolute Gasteiger partial charge is 0.165 e. The molecular weight excluding hydrogens is 326 g/mol. The first-order valence-electron chi connectivity index (χ1n) is 8.96. The Morgan fingerprint density at radius 3 is 2.73 bits per heavy atom. The fourth-order valence-electron chi connectivity index (χ4n) is 3.26. The highest BCUT2D eigenvalue weighted by molar-refractivity contribution is 5.47. The van der Waals surface area contributed by atoms with Crippen molar-refractivity contribution in [1.82, 2.24) is 14.9 Å². The molecule has 1 atom stereocenters. The molecular formula is C21H23N3O2. The molecule has 0 saturated carbocycles. The van der Waals surface area contributed by atoms with Crippen molar-refractivity contribution in [1.29, 1.82) is 0 Å². The largest absolute Gasteiger partial charge is 0.490 e. The lowest BCUT2D eigenvalue weighted by molar-refractivity contribution is 0.295. The lowest BCUT2D eigenvalue weighted by atomic mass is 10.1. The van der Waals surface area contributed by atoms with Crippen LogP contribution in [0.25, 0.3) is 0 Å². The molecule has 3 aromatic rings. The average molecular weight is 349 g/mol. The normalized spacial score (nSPS) is 14.7. The molecule has 0 unspecified atom stereocenters. The summed E-state index contributed by atoms with van der Waals surface area (Å²) in [6.45, 7) is 2.05. The van der Waals surface area contributed by atoms with Gasteiger partial charge in [0.25, 0.3) is 0 Å². The van der Waals surface area contributed by atoms with Gasteiger partial charge in [0.1, 0.15) is 5.82 Å². The maximum atomic E-state index is 5.95. The zero-order valence-electron chi connectivity index (χ0n) is 14.9. The van der Waals surface area contributed by atoms with Gasteiger partial charge in [0.05, 0.1) is 19.3 Å². The van der Waals surface area contributed by atoms with E-state index in [0.717, 1.165) is 29.3 Å². The quantitative estimate of drug-likeness (QED) is 0.766. The second-order valence-corrected chi connectivity index (χ2v) is 6.42. The van der Waals surface area contributed by atoms with E-state index < -0.39 is 0 Å². The van der Waals surface area contributed by atoms with E-state index in [0.29, 0.717) is 19.8 Å². The number of nitrogens with one attached hydrogen (secondary N) is 1. The van der Waals surface area contributed by atoms with Crippen LogP contribution in [-0.2, 0) is 13.6 Å². The molecule has 5 nitrogen and oxygen atoms in total. The topological polar surface area (TPSA) is 48.3 Å². The van der Waals surface area contributed by atoms with Crippen LogP contribution in [0.15, 0.2) is 60.9 Å². The van der Waals surface area contributed by atoms with Gasteiger partial charge in [0, 0.05) is 38.0 Å². The summed E-state index contributed by atoms with van der Waals surface area (Å²) in [6, 6.07) is 16.5. The van der Waals surface area contributed by atoms with Gasteiger partial charge in [-0.2, -0.15) is 0 Å². The Morgan fingerprint density at radius 1 is 1.08 bits per heavy atom. The van der Waals surface area contributed by atoms with E-state index in [1.807, 2.05) is 37.6 Å². The fraction of sp³-hybridized carbons (Fsp3) is 0.286. The van der Waals surface area contributed by atoms with Crippen LogP contribution in [0.3, 0.4) is 0 Å². The van der Waals surface area contributed by atoms with Crippen LogP contribution in [0.1, 0.15) is 29.4 Å². The number of hydrogen-bond donors (Lipinski definition) is 1. The molecule has 1 aromatic heterocycles. The van der Waals surface area contributed by atoms with Gasteiger partial charge in [-0.3, -0.25) is 5.32 Å². The van der Waals surface area contributed by atoms with Crippen molar-refractivity contribution in [3.8, 4) is 11.5 Å². The minimum Gasteiger partial charge on any atom is -0.490 e. The monoisotopic (exact) mass is 349 g/mol. The molecule has 0 amide bonds. The van der Waals surface area contributed by atoms with Crippen molar-refractivity contribution in [2.75, 3.05) is 13.2 Å². The van der Waals surface area contributed by atoms with Crippen molar-refractivity contribution in [2.24, 2.45) is 7.05 Å². The van der Waals surface area contributed by atoms with Crippen LogP contribution in [0.2, 0.25) is 0 Å². The SMILES string of the molecule is Cn1ccnc1[C@H](NCc1cccc2c1OCCCO2)c1ccccc1. The molecule has 1 aliphatic heterocycles. The molecule has 2 heterocycles. The summed E-state index contributed by atoms with van der Waals surface area (Å²) in [5.74, 6) is 2.66. The number of imidazole rings is 1. The first-order valence-corrected chi connectivity index (χ1v) is 8.96. The van der Waals surface area contributed by atoms with Crippen LogP contribution in [0.5, 0.6) is 11.5 Å². The molecule has 1 N–H and O–H groups in total. The summed E-state index contributed by atoms with van der Waals surface area (Å²) in [7, 11) is 2.02.